The van der Waals surface area contributed by atoms with Crippen LogP contribution in [0.5, 0.6) is 0 Å². The average Bonchev–Trinajstić information content (AvgIpc) is 2.90. The molecule has 1 aliphatic heterocycles. The van der Waals surface area contributed by atoms with Gasteiger partial charge in [0.1, 0.15) is 0 Å². The van der Waals surface area contributed by atoms with Crippen molar-refractivity contribution in [3.63, 3.8) is 0 Å². The summed E-state index contributed by atoms with van der Waals surface area (Å²) in [5.74, 6) is 0.194. The van der Waals surface area contributed by atoms with E-state index in [2.05, 4.69) is 20.2 Å². The van der Waals surface area contributed by atoms with E-state index in [-0.39, 0.29) is 34.9 Å². The van der Waals surface area contributed by atoms with E-state index < -0.39 is 15.7 Å². The maximum absolute atomic E-state index is 12.7. The number of amides is 1. The largest absolute Gasteiger partial charge is 0.398 e. The van der Waals surface area contributed by atoms with Crippen LogP contribution in [0, 0.1) is 0 Å². The van der Waals surface area contributed by atoms with E-state index in [0.717, 1.165) is 11.6 Å². The van der Waals surface area contributed by atoms with E-state index >= 15 is 0 Å². The first kappa shape index (κ1) is 26.4. The van der Waals surface area contributed by atoms with Gasteiger partial charge in [0.15, 0.2) is 9.84 Å². The molecule has 39 heavy (non-hydrogen) atoms. The molecule has 0 radical (unpaired) electrons. The van der Waals surface area contributed by atoms with Crippen LogP contribution in [0.1, 0.15) is 29.9 Å². The van der Waals surface area contributed by atoms with E-state index in [9.17, 15) is 13.2 Å². The molecule has 4 aromatic rings. The predicted molar refractivity (Wildman–Crippen MR) is 148 cm³/mol. The molecule has 0 aliphatic carbocycles. The number of hydrogen-bond acceptors (Lipinski definition) is 10. The third kappa shape index (κ3) is 5.96. The second-order valence-corrected chi connectivity index (χ2v) is 11.7. The number of rotatable bonds is 6. The van der Waals surface area contributed by atoms with Gasteiger partial charge in [-0.15, -0.1) is 0 Å². The van der Waals surface area contributed by atoms with Crippen molar-refractivity contribution in [2.24, 2.45) is 0 Å². The van der Waals surface area contributed by atoms with Crippen LogP contribution in [-0.4, -0.2) is 65.8 Å². The number of nitrogens with two attached hydrogens (primary N) is 1. The van der Waals surface area contributed by atoms with E-state index in [0.29, 0.717) is 41.6 Å². The van der Waals surface area contributed by atoms with Gasteiger partial charge in [0.2, 0.25) is 5.95 Å². The number of aromatic nitrogens is 4. The van der Waals surface area contributed by atoms with Gasteiger partial charge in [-0.1, -0.05) is 0 Å². The van der Waals surface area contributed by atoms with Crippen LogP contribution in [0.4, 0.5) is 11.6 Å². The van der Waals surface area contributed by atoms with Gasteiger partial charge in [0.05, 0.1) is 51.9 Å². The minimum atomic E-state index is -3.57. The van der Waals surface area contributed by atoms with Gasteiger partial charge in [-0.2, -0.15) is 0 Å². The van der Waals surface area contributed by atoms with Gasteiger partial charge in [-0.05, 0) is 56.3 Å². The number of hydrogen-bond donors (Lipinski definition) is 2. The summed E-state index contributed by atoms with van der Waals surface area (Å²) in [6.07, 6.45) is 4.65. The zero-order chi connectivity index (χ0) is 27.7. The molecule has 4 heterocycles. The van der Waals surface area contributed by atoms with Crippen LogP contribution in [0.2, 0.25) is 0 Å². The summed E-state index contributed by atoms with van der Waals surface area (Å²) in [6.45, 7) is 5.63. The maximum Gasteiger partial charge on any atom is 0.251 e. The molecule has 0 unspecified atom stereocenters. The van der Waals surface area contributed by atoms with Crippen molar-refractivity contribution in [2.45, 2.75) is 37.5 Å². The van der Waals surface area contributed by atoms with E-state index in [1.165, 1.54) is 18.2 Å². The van der Waals surface area contributed by atoms with Crippen LogP contribution in [0.15, 0.2) is 59.8 Å². The lowest BCUT2D eigenvalue weighted by atomic mass is 10.1. The quantitative estimate of drug-likeness (QED) is 0.344. The number of benzene rings is 1. The van der Waals surface area contributed by atoms with Crippen molar-refractivity contribution < 1.29 is 17.9 Å². The summed E-state index contributed by atoms with van der Waals surface area (Å²) in [5.41, 5.74) is 8.73. The van der Waals surface area contributed by atoms with Crippen LogP contribution in [0.25, 0.3) is 22.3 Å². The fourth-order valence-corrected chi connectivity index (χ4v) is 5.39. The highest BCUT2D eigenvalue weighted by Gasteiger charge is 2.24. The Morgan fingerprint density at radius 1 is 1.05 bits per heavy atom. The molecule has 11 nitrogen and oxygen atoms in total. The lowest BCUT2D eigenvalue weighted by Crippen LogP contribution is -2.46. The first-order valence-corrected chi connectivity index (χ1v) is 14.3. The maximum atomic E-state index is 12.7. The Kier molecular flexibility index (Phi) is 7.15. The summed E-state index contributed by atoms with van der Waals surface area (Å²) < 4.78 is 29.7. The number of sulfone groups is 1. The molecule has 1 amide bonds. The Morgan fingerprint density at radius 3 is 2.54 bits per heavy atom. The molecule has 1 fully saturated rings. The molecule has 1 aliphatic rings. The van der Waals surface area contributed by atoms with Crippen molar-refractivity contribution in [3.8, 4) is 11.4 Å². The van der Waals surface area contributed by atoms with Crippen LogP contribution >= 0.6 is 0 Å². The summed E-state index contributed by atoms with van der Waals surface area (Å²) in [6, 6.07) is 11.6. The Morgan fingerprint density at radius 2 is 1.79 bits per heavy atom. The highest BCUT2D eigenvalue weighted by molar-refractivity contribution is 7.90. The van der Waals surface area contributed by atoms with Crippen molar-refractivity contribution in [2.75, 3.05) is 30.0 Å². The van der Waals surface area contributed by atoms with Gasteiger partial charge < -0.3 is 20.7 Å². The zero-order valence-electron chi connectivity index (χ0n) is 21.8. The standard InChI is InChI=1S/C27H29N7O4S/c1-16-14-34(15-17(2)38-16)27-29-9-8-23(33-27)22-7-5-19-12-30-20(11-24(19)32-22)13-31-26(35)18-4-6-21(28)25(10-18)39(3,36)37/h4-12,16-17H,13-15,28H2,1-3H3,(H,31,35)/t16-,17+. The van der Waals surface area contributed by atoms with E-state index in [4.69, 9.17) is 20.4 Å². The minimum Gasteiger partial charge on any atom is -0.398 e. The van der Waals surface area contributed by atoms with Gasteiger partial charge in [-0.25, -0.2) is 23.4 Å². The van der Waals surface area contributed by atoms with Gasteiger partial charge in [0.25, 0.3) is 5.91 Å². The Balaban J connectivity index is 1.34. The fourth-order valence-electron chi connectivity index (χ4n) is 4.55. The summed E-state index contributed by atoms with van der Waals surface area (Å²) in [5, 5.41) is 3.62. The molecule has 3 aromatic heterocycles. The van der Waals surface area contributed by atoms with Gasteiger partial charge in [0, 0.05) is 42.7 Å². The third-order valence-corrected chi connectivity index (χ3v) is 7.50. The molecule has 1 saturated heterocycles. The normalized spacial score (nSPS) is 17.8. The molecule has 3 N–H and O–H groups in total. The summed E-state index contributed by atoms with van der Waals surface area (Å²) >= 11 is 0. The first-order chi connectivity index (χ1) is 18.6. The van der Waals surface area contributed by atoms with Crippen molar-refractivity contribution >= 4 is 38.3 Å². The average molecular weight is 548 g/mol. The number of fused-ring (bicyclic) bond motifs is 1. The summed E-state index contributed by atoms with van der Waals surface area (Å²) in [4.78, 5) is 33.2. The number of nitrogens with one attached hydrogen (secondary N) is 1. The summed E-state index contributed by atoms with van der Waals surface area (Å²) in [7, 11) is -3.57. The molecular formula is C27H29N7O4S. The number of pyridine rings is 2. The van der Waals surface area contributed by atoms with E-state index in [1.807, 2.05) is 32.0 Å². The number of nitrogen functional groups attached to an aromatic ring is 1. The fraction of sp³-hybridized carbons (Fsp3) is 0.296. The molecular weight excluding hydrogens is 518 g/mol. The second kappa shape index (κ2) is 10.5. The number of nitrogens with zero attached hydrogens (tertiary/aromatic N) is 5. The van der Waals surface area contributed by atoms with Gasteiger partial charge in [-0.3, -0.25) is 9.78 Å². The Bertz CT molecular complexity index is 1650. The Labute approximate surface area is 226 Å². The monoisotopic (exact) mass is 547 g/mol. The molecule has 202 valence electrons. The van der Waals surface area contributed by atoms with Crippen LogP contribution in [0.3, 0.4) is 0 Å². The number of morpholine rings is 1. The first-order valence-electron chi connectivity index (χ1n) is 12.4. The topological polar surface area (TPSA) is 153 Å². The highest BCUT2D eigenvalue weighted by atomic mass is 32.2. The smallest absolute Gasteiger partial charge is 0.251 e. The van der Waals surface area contributed by atoms with E-state index in [1.54, 1.807) is 18.5 Å². The number of ether oxygens (including phenoxy) is 1. The number of anilines is 2. The molecule has 12 heteroatoms. The Hall–Kier alpha value is -4.16. The second-order valence-electron chi connectivity index (χ2n) is 9.68. The van der Waals surface area contributed by atoms with Crippen LogP contribution < -0.4 is 16.0 Å². The molecule has 0 saturated carbocycles. The molecule has 0 bridgehead atoms. The van der Waals surface area contributed by atoms with Crippen LogP contribution in [-0.2, 0) is 21.1 Å². The minimum absolute atomic E-state index is 0.0822. The molecule has 0 spiro atoms. The third-order valence-electron chi connectivity index (χ3n) is 6.34. The molecule has 5 rings (SSSR count). The van der Waals surface area contributed by atoms with Crippen molar-refractivity contribution in [1.82, 2.24) is 25.3 Å². The number of carbonyl (C=O) groups excluding carboxylic acids is 1. The lowest BCUT2D eigenvalue weighted by molar-refractivity contribution is -0.00571. The lowest BCUT2D eigenvalue weighted by Gasteiger charge is -2.35. The van der Waals surface area contributed by atoms with Gasteiger partial charge >= 0.3 is 0 Å². The molecule has 1 aromatic carbocycles. The van der Waals surface area contributed by atoms with Crippen molar-refractivity contribution in [1.29, 1.82) is 0 Å². The predicted octanol–water partition coefficient (Wildman–Crippen LogP) is 2.62. The van der Waals surface area contributed by atoms with Crippen molar-refractivity contribution in [3.05, 3.63) is 66.1 Å². The zero-order valence-corrected chi connectivity index (χ0v) is 22.6. The molecule has 2 atom stereocenters. The highest BCUT2D eigenvalue weighted by Crippen LogP contribution is 2.23. The number of carbonyl (C=O) groups is 1. The SMILES string of the molecule is C[C@@H]1CN(c2nccc(-c3ccc4cnc(CNC(=O)c5ccc(N)c(S(C)(=O)=O)c5)cc4n3)n2)C[C@H](C)O1.